The Hall–Kier alpha value is -3.26. The highest BCUT2D eigenvalue weighted by Crippen LogP contribution is 2.36. The minimum absolute atomic E-state index is 0.198. The Morgan fingerprint density at radius 1 is 1.00 bits per heavy atom. The van der Waals surface area contributed by atoms with Gasteiger partial charge in [-0.25, -0.2) is 9.79 Å². The van der Waals surface area contributed by atoms with E-state index < -0.39 is 12.0 Å². The van der Waals surface area contributed by atoms with E-state index in [-0.39, 0.29) is 12.2 Å². The molecule has 2 heterocycles. The van der Waals surface area contributed by atoms with E-state index in [9.17, 15) is 9.59 Å². The predicted molar refractivity (Wildman–Crippen MR) is 209 cm³/mol. The molecule has 0 radical (unpaired) electrons. The maximum Gasteiger partial charge on any atom is 0.338 e. The fourth-order valence-electron chi connectivity index (χ4n) is 5.55. The van der Waals surface area contributed by atoms with Gasteiger partial charge in [0, 0.05) is 10.6 Å². The summed E-state index contributed by atoms with van der Waals surface area (Å²) in [5.41, 5.74) is 5.20. The van der Waals surface area contributed by atoms with Crippen molar-refractivity contribution in [2.75, 3.05) is 6.61 Å². The second kappa shape index (κ2) is 15.1. The van der Waals surface area contributed by atoms with E-state index in [0.29, 0.717) is 38.2 Å². The van der Waals surface area contributed by atoms with Crippen LogP contribution in [0.1, 0.15) is 60.5 Å². The first-order valence-electron chi connectivity index (χ1n) is 15.4. The molecule has 1 aromatic heterocycles. The highest BCUT2D eigenvalue weighted by molar-refractivity contribution is 14.1. The van der Waals surface area contributed by atoms with E-state index in [1.165, 1.54) is 16.9 Å². The molecule has 1 aliphatic heterocycles. The Kier molecular flexibility index (Phi) is 10.9. The van der Waals surface area contributed by atoms with Crippen molar-refractivity contribution >= 4 is 85.9 Å². The van der Waals surface area contributed by atoms with Gasteiger partial charge in [-0.1, -0.05) is 104 Å². The molecule has 0 unspecified atom stereocenters. The second-order valence-corrected chi connectivity index (χ2v) is 15.3. The lowest BCUT2D eigenvalue weighted by Crippen LogP contribution is -2.40. The van der Waals surface area contributed by atoms with Crippen molar-refractivity contribution in [1.29, 1.82) is 0 Å². The first kappa shape index (κ1) is 34.6. The molecular formula is C38H31ClI2N2O4S. The van der Waals surface area contributed by atoms with Gasteiger partial charge in [0.25, 0.3) is 5.56 Å². The SMILES string of the molecule is CCOC(=O)C1=C(c2ccccc2)N=c2s/c(=C\c3cc(I)c(OCc4cccc(Cl)c4)c(I)c3)c(=O)n2[C@H]1c1ccc(C(C)C)cc1. The molecule has 0 saturated heterocycles. The number of benzene rings is 4. The summed E-state index contributed by atoms with van der Waals surface area (Å²) in [6.07, 6.45) is 1.88. The average Bonchev–Trinajstić information content (AvgIpc) is 3.38. The van der Waals surface area contributed by atoms with Gasteiger partial charge in [-0.15, -0.1) is 0 Å². The van der Waals surface area contributed by atoms with Crippen LogP contribution in [0.4, 0.5) is 0 Å². The third-order valence-corrected chi connectivity index (χ3v) is 10.7. The van der Waals surface area contributed by atoms with Crippen molar-refractivity contribution in [1.82, 2.24) is 4.57 Å². The van der Waals surface area contributed by atoms with Crippen LogP contribution in [0.5, 0.6) is 5.75 Å². The van der Waals surface area contributed by atoms with E-state index >= 15 is 0 Å². The molecule has 4 aromatic carbocycles. The first-order valence-corrected chi connectivity index (χ1v) is 18.7. The topological polar surface area (TPSA) is 69.9 Å². The van der Waals surface area contributed by atoms with E-state index in [2.05, 4.69) is 71.2 Å². The molecule has 6 rings (SSSR count). The Bertz CT molecular complexity index is 2190. The van der Waals surface area contributed by atoms with Crippen LogP contribution in [0.2, 0.25) is 5.02 Å². The van der Waals surface area contributed by atoms with Crippen molar-refractivity contribution < 1.29 is 14.3 Å². The highest BCUT2D eigenvalue weighted by atomic mass is 127. The van der Waals surface area contributed by atoms with Crippen molar-refractivity contribution in [3.8, 4) is 5.75 Å². The molecule has 0 aliphatic carbocycles. The first-order chi connectivity index (χ1) is 23.1. The molecule has 6 nitrogen and oxygen atoms in total. The molecule has 10 heteroatoms. The summed E-state index contributed by atoms with van der Waals surface area (Å²) in [7, 11) is 0. The summed E-state index contributed by atoms with van der Waals surface area (Å²) in [6.45, 7) is 6.63. The second-order valence-electron chi connectivity index (χ2n) is 11.5. The number of hydrogen-bond acceptors (Lipinski definition) is 6. The number of carbonyl (C=O) groups excluding carboxylic acids is 1. The van der Waals surface area contributed by atoms with E-state index in [1.54, 1.807) is 11.5 Å². The van der Waals surface area contributed by atoms with Gasteiger partial charge in [-0.3, -0.25) is 9.36 Å². The number of hydrogen-bond donors (Lipinski definition) is 0. The van der Waals surface area contributed by atoms with Gasteiger partial charge in [0.15, 0.2) is 4.80 Å². The van der Waals surface area contributed by atoms with Gasteiger partial charge in [0.2, 0.25) is 0 Å². The van der Waals surface area contributed by atoms with Crippen LogP contribution in [0.15, 0.2) is 106 Å². The Balaban J connectivity index is 1.48. The van der Waals surface area contributed by atoms with Crippen LogP contribution in [-0.2, 0) is 16.1 Å². The molecule has 0 bridgehead atoms. The number of rotatable bonds is 9. The number of esters is 1. The van der Waals surface area contributed by atoms with Gasteiger partial charge < -0.3 is 9.47 Å². The van der Waals surface area contributed by atoms with Crippen LogP contribution in [0.3, 0.4) is 0 Å². The molecular weight excluding hydrogens is 870 g/mol. The normalized spacial score (nSPS) is 14.6. The zero-order chi connectivity index (χ0) is 33.9. The Labute approximate surface area is 315 Å². The van der Waals surface area contributed by atoms with Crippen molar-refractivity contribution in [2.45, 2.75) is 39.3 Å². The van der Waals surface area contributed by atoms with Crippen molar-refractivity contribution in [3.63, 3.8) is 0 Å². The molecule has 1 atom stereocenters. The van der Waals surface area contributed by atoms with E-state index in [4.69, 9.17) is 26.1 Å². The summed E-state index contributed by atoms with van der Waals surface area (Å²) in [6, 6.07) is 28.6. The van der Waals surface area contributed by atoms with Crippen LogP contribution < -0.4 is 19.6 Å². The molecule has 0 saturated carbocycles. The number of nitrogens with zero attached hydrogens (tertiary/aromatic N) is 2. The molecule has 0 amide bonds. The number of halogens is 3. The number of fused-ring (bicyclic) bond motifs is 1. The number of aromatic nitrogens is 1. The number of ether oxygens (including phenoxy) is 2. The number of thiazole rings is 1. The van der Waals surface area contributed by atoms with Gasteiger partial charge in [-0.2, -0.15) is 0 Å². The lowest BCUT2D eigenvalue weighted by atomic mass is 9.91. The molecule has 0 N–H and O–H groups in total. The quantitative estimate of drug-likeness (QED) is 0.110. The van der Waals surface area contributed by atoms with Crippen LogP contribution in [0.25, 0.3) is 11.8 Å². The molecule has 244 valence electrons. The largest absolute Gasteiger partial charge is 0.487 e. The van der Waals surface area contributed by atoms with Crippen LogP contribution in [-0.4, -0.2) is 17.1 Å². The van der Waals surface area contributed by atoms with Gasteiger partial charge in [0.05, 0.1) is 35.6 Å². The minimum Gasteiger partial charge on any atom is -0.487 e. The fraction of sp³-hybridized carbons (Fsp3) is 0.184. The standard InChI is InChI=1S/C38H31ClI2N2O4S/c1-4-46-37(45)32-33(26-10-6-5-7-11-26)42-38-43(34(32)27-15-13-25(14-16-27)22(2)3)36(44)31(48-38)20-24-18-29(40)35(30(41)19-24)47-21-23-9-8-12-28(39)17-23/h5-20,22,34H,4,21H2,1-3H3/b31-20-/t34-/m0/s1. The predicted octanol–water partition coefficient (Wildman–Crippen LogP) is 8.50. The minimum atomic E-state index is -0.721. The summed E-state index contributed by atoms with van der Waals surface area (Å²) < 4.78 is 15.8. The highest BCUT2D eigenvalue weighted by Gasteiger charge is 2.35. The lowest BCUT2D eigenvalue weighted by molar-refractivity contribution is -0.138. The molecule has 0 fully saturated rings. The Morgan fingerprint density at radius 2 is 1.71 bits per heavy atom. The average molecular weight is 901 g/mol. The summed E-state index contributed by atoms with van der Waals surface area (Å²) >= 11 is 12.0. The van der Waals surface area contributed by atoms with Gasteiger partial charge >= 0.3 is 5.97 Å². The zero-order valence-corrected chi connectivity index (χ0v) is 32.3. The maximum absolute atomic E-state index is 14.3. The molecule has 48 heavy (non-hydrogen) atoms. The third kappa shape index (κ3) is 7.34. The van der Waals surface area contributed by atoms with E-state index in [1.807, 2.05) is 84.9 Å². The van der Waals surface area contributed by atoms with Gasteiger partial charge in [-0.05, 0) is 111 Å². The molecule has 5 aromatic rings. The van der Waals surface area contributed by atoms with Crippen LogP contribution >= 0.6 is 68.1 Å². The zero-order valence-electron chi connectivity index (χ0n) is 26.4. The maximum atomic E-state index is 14.3. The smallest absolute Gasteiger partial charge is 0.338 e. The third-order valence-electron chi connectivity index (χ3n) is 7.88. The Morgan fingerprint density at radius 3 is 2.35 bits per heavy atom. The summed E-state index contributed by atoms with van der Waals surface area (Å²) in [4.78, 5) is 33.6. The van der Waals surface area contributed by atoms with Crippen molar-refractivity contribution in [3.05, 3.63) is 156 Å². The molecule has 0 spiro atoms. The van der Waals surface area contributed by atoms with E-state index in [0.717, 1.165) is 35.1 Å². The van der Waals surface area contributed by atoms with Gasteiger partial charge in [0.1, 0.15) is 12.4 Å². The number of carbonyl (C=O) groups is 1. The monoisotopic (exact) mass is 900 g/mol. The van der Waals surface area contributed by atoms with Crippen molar-refractivity contribution in [2.24, 2.45) is 4.99 Å². The summed E-state index contributed by atoms with van der Waals surface area (Å²) in [5.74, 6) is 0.608. The fourth-order valence-corrected chi connectivity index (χ4v) is 8.89. The lowest BCUT2D eigenvalue weighted by Gasteiger charge is -2.26. The summed E-state index contributed by atoms with van der Waals surface area (Å²) in [5, 5.41) is 0.664. The molecule has 1 aliphatic rings. The van der Waals surface area contributed by atoms with Crippen LogP contribution in [0, 0.1) is 7.14 Å².